The standard InChI is InChI=1S/C29H26N2O6S/c1-18-8-6-11-21(14-18)25(32)30-36-27(34)29(3,17-23-16-20-10-4-5-13-24(20)38-23)28(35)37-31-26(33)22-12-7-9-19(2)15-22/h4-16H,17H2,1-3H3,(H,30,32)(H,31,33). The molecule has 0 saturated heterocycles. The molecule has 0 aliphatic heterocycles. The van der Waals surface area contributed by atoms with Crippen molar-refractivity contribution < 1.29 is 28.9 Å². The number of rotatable bonds is 6. The molecule has 0 unspecified atom stereocenters. The lowest BCUT2D eigenvalue weighted by Crippen LogP contribution is -2.46. The monoisotopic (exact) mass is 530 g/mol. The van der Waals surface area contributed by atoms with Gasteiger partial charge in [0.1, 0.15) is 0 Å². The van der Waals surface area contributed by atoms with E-state index in [0.717, 1.165) is 26.1 Å². The Bertz CT molecular complexity index is 1420. The van der Waals surface area contributed by atoms with Crippen LogP contribution >= 0.6 is 11.3 Å². The molecule has 9 heteroatoms. The van der Waals surface area contributed by atoms with E-state index in [1.807, 2.05) is 56.3 Å². The van der Waals surface area contributed by atoms with E-state index in [2.05, 4.69) is 11.0 Å². The van der Waals surface area contributed by atoms with Crippen molar-refractivity contribution in [2.24, 2.45) is 5.41 Å². The number of carbonyl (C=O) groups is 4. The predicted octanol–water partition coefficient (Wildman–Crippen LogP) is 4.84. The van der Waals surface area contributed by atoms with Gasteiger partial charge in [-0.05, 0) is 62.6 Å². The molecule has 1 aromatic heterocycles. The van der Waals surface area contributed by atoms with Crippen LogP contribution < -0.4 is 11.0 Å². The summed E-state index contributed by atoms with van der Waals surface area (Å²) in [5.41, 5.74) is 4.63. The molecule has 0 aliphatic carbocycles. The Balaban J connectivity index is 1.53. The van der Waals surface area contributed by atoms with Crippen LogP contribution in [0.1, 0.15) is 43.6 Å². The summed E-state index contributed by atoms with van der Waals surface area (Å²) >= 11 is 1.41. The van der Waals surface area contributed by atoms with E-state index in [1.165, 1.54) is 18.3 Å². The van der Waals surface area contributed by atoms with Gasteiger partial charge in [0.15, 0.2) is 5.41 Å². The van der Waals surface area contributed by atoms with Gasteiger partial charge in [-0.15, -0.1) is 11.3 Å². The molecule has 38 heavy (non-hydrogen) atoms. The van der Waals surface area contributed by atoms with Crippen LogP contribution in [0.15, 0.2) is 78.9 Å². The van der Waals surface area contributed by atoms with E-state index in [1.54, 1.807) is 36.4 Å². The van der Waals surface area contributed by atoms with Crippen molar-refractivity contribution in [1.29, 1.82) is 0 Å². The van der Waals surface area contributed by atoms with Crippen LogP contribution in [0.4, 0.5) is 0 Å². The third kappa shape index (κ3) is 6.07. The maximum absolute atomic E-state index is 13.2. The van der Waals surface area contributed by atoms with Crippen molar-refractivity contribution in [3.63, 3.8) is 0 Å². The zero-order valence-electron chi connectivity index (χ0n) is 21.1. The van der Waals surface area contributed by atoms with Crippen LogP contribution in [-0.4, -0.2) is 23.8 Å². The van der Waals surface area contributed by atoms with Crippen molar-refractivity contribution in [2.75, 3.05) is 0 Å². The first-order valence-corrected chi connectivity index (χ1v) is 12.6. The Labute approximate surface area is 223 Å². The second-order valence-corrected chi connectivity index (χ2v) is 10.3. The number of carbonyl (C=O) groups excluding carboxylic acids is 4. The third-order valence-corrected chi connectivity index (χ3v) is 7.05. The molecule has 0 atom stereocenters. The molecule has 2 N–H and O–H groups in total. The van der Waals surface area contributed by atoms with Crippen molar-refractivity contribution in [1.82, 2.24) is 11.0 Å². The number of hydrogen-bond acceptors (Lipinski definition) is 7. The minimum atomic E-state index is -1.89. The van der Waals surface area contributed by atoms with Crippen molar-refractivity contribution in [3.8, 4) is 0 Å². The summed E-state index contributed by atoms with van der Waals surface area (Å²) in [6, 6.07) is 23.0. The first-order valence-electron chi connectivity index (χ1n) is 11.8. The summed E-state index contributed by atoms with van der Waals surface area (Å²) in [7, 11) is 0. The minimum absolute atomic E-state index is 0.0787. The first-order chi connectivity index (χ1) is 18.2. The number of amides is 2. The van der Waals surface area contributed by atoms with Gasteiger partial charge < -0.3 is 9.68 Å². The molecule has 1 heterocycles. The van der Waals surface area contributed by atoms with Crippen molar-refractivity contribution in [2.45, 2.75) is 27.2 Å². The second-order valence-electron chi connectivity index (χ2n) is 9.14. The Morgan fingerprint density at radius 1 is 0.737 bits per heavy atom. The third-order valence-electron chi connectivity index (χ3n) is 5.94. The van der Waals surface area contributed by atoms with Gasteiger partial charge in [0.05, 0.1) is 0 Å². The lowest BCUT2D eigenvalue weighted by atomic mass is 9.86. The summed E-state index contributed by atoms with van der Waals surface area (Å²) in [5, 5.41) is 0.956. The number of thiophene rings is 1. The number of hydroxylamine groups is 2. The molecule has 194 valence electrons. The molecule has 0 spiro atoms. The van der Waals surface area contributed by atoms with Gasteiger partial charge in [-0.1, -0.05) is 53.6 Å². The molecule has 0 aliphatic rings. The Morgan fingerprint density at radius 3 is 1.76 bits per heavy atom. The van der Waals surface area contributed by atoms with E-state index in [4.69, 9.17) is 9.68 Å². The fourth-order valence-corrected chi connectivity index (χ4v) is 5.02. The summed E-state index contributed by atoms with van der Waals surface area (Å²) in [6.07, 6.45) is -0.0787. The first kappa shape index (κ1) is 26.6. The number of nitrogens with one attached hydrogen (secondary N) is 2. The summed E-state index contributed by atoms with van der Waals surface area (Å²) in [5.74, 6) is -3.36. The van der Waals surface area contributed by atoms with E-state index in [0.29, 0.717) is 0 Å². The van der Waals surface area contributed by atoms with E-state index >= 15 is 0 Å². The van der Waals surface area contributed by atoms with E-state index < -0.39 is 29.2 Å². The molecule has 4 aromatic rings. The van der Waals surface area contributed by atoms with Gasteiger partial charge in [-0.25, -0.2) is 9.59 Å². The van der Waals surface area contributed by atoms with Crippen LogP contribution in [-0.2, 0) is 25.7 Å². The highest BCUT2D eigenvalue weighted by Gasteiger charge is 2.46. The van der Waals surface area contributed by atoms with Crippen molar-refractivity contribution in [3.05, 3.63) is 106 Å². The predicted molar refractivity (Wildman–Crippen MR) is 143 cm³/mol. The van der Waals surface area contributed by atoms with Crippen LogP contribution in [0.3, 0.4) is 0 Å². The smallest absolute Gasteiger partial charge is 0.339 e. The van der Waals surface area contributed by atoms with Crippen LogP contribution in [0.5, 0.6) is 0 Å². The number of aryl methyl sites for hydroxylation is 2. The lowest BCUT2D eigenvalue weighted by Gasteiger charge is -2.24. The Kier molecular flexibility index (Phi) is 7.87. The molecule has 8 nitrogen and oxygen atoms in total. The summed E-state index contributed by atoms with van der Waals surface area (Å²) < 4.78 is 0.979. The van der Waals surface area contributed by atoms with Gasteiger partial charge in [0.2, 0.25) is 0 Å². The largest absolute Gasteiger partial charge is 0.349 e. The Hall–Kier alpha value is -4.50. The fraction of sp³-hybridized carbons (Fsp3) is 0.172. The van der Waals surface area contributed by atoms with Gasteiger partial charge in [-0.3, -0.25) is 9.59 Å². The molecule has 2 amide bonds. The van der Waals surface area contributed by atoms with Crippen LogP contribution in [0.25, 0.3) is 10.1 Å². The number of benzene rings is 3. The quantitative estimate of drug-likeness (QED) is 0.273. The van der Waals surface area contributed by atoms with Crippen LogP contribution in [0.2, 0.25) is 0 Å². The van der Waals surface area contributed by atoms with E-state index in [9.17, 15) is 19.2 Å². The maximum Gasteiger partial charge on any atom is 0.349 e. The SMILES string of the molecule is Cc1cccc(C(=O)NOC(=O)C(C)(Cc2cc3ccccc3s2)C(=O)ONC(=O)c2cccc(C)c2)c1. The summed E-state index contributed by atoms with van der Waals surface area (Å²) in [6.45, 7) is 5.00. The zero-order valence-corrected chi connectivity index (χ0v) is 21.9. The normalized spacial score (nSPS) is 11.0. The highest BCUT2D eigenvalue weighted by Crippen LogP contribution is 2.33. The number of fused-ring (bicyclic) bond motifs is 1. The van der Waals surface area contributed by atoms with Gasteiger partial charge in [0.25, 0.3) is 11.8 Å². The molecular formula is C29H26N2O6S. The molecule has 0 fully saturated rings. The van der Waals surface area contributed by atoms with Gasteiger partial charge >= 0.3 is 11.9 Å². The minimum Gasteiger partial charge on any atom is -0.339 e. The second kappa shape index (κ2) is 11.3. The van der Waals surface area contributed by atoms with Crippen LogP contribution in [0, 0.1) is 19.3 Å². The molecule has 3 aromatic carbocycles. The average Bonchev–Trinajstić information content (AvgIpc) is 3.31. The molecule has 0 radical (unpaired) electrons. The Morgan fingerprint density at radius 2 is 1.26 bits per heavy atom. The maximum atomic E-state index is 13.2. The number of hydrogen-bond donors (Lipinski definition) is 2. The average molecular weight is 531 g/mol. The molecule has 0 saturated carbocycles. The van der Waals surface area contributed by atoms with E-state index in [-0.39, 0.29) is 17.5 Å². The zero-order chi connectivity index (χ0) is 27.3. The lowest BCUT2D eigenvalue weighted by molar-refractivity contribution is -0.177. The van der Waals surface area contributed by atoms with Gasteiger partial charge in [-0.2, -0.15) is 11.0 Å². The highest BCUT2D eigenvalue weighted by atomic mass is 32.1. The molecule has 0 bridgehead atoms. The molecule has 4 rings (SSSR count). The fourth-order valence-electron chi connectivity index (χ4n) is 3.80. The molecular weight excluding hydrogens is 504 g/mol. The van der Waals surface area contributed by atoms with Crippen molar-refractivity contribution >= 4 is 45.2 Å². The highest BCUT2D eigenvalue weighted by molar-refractivity contribution is 7.19. The summed E-state index contributed by atoms with van der Waals surface area (Å²) in [4.78, 5) is 62.4. The topological polar surface area (TPSA) is 111 Å². The van der Waals surface area contributed by atoms with Gasteiger partial charge in [0, 0.05) is 27.1 Å².